The van der Waals surface area contributed by atoms with E-state index in [1.807, 2.05) is 30.3 Å². The second-order valence-electron chi connectivity index (χ2n) is 4.79. The quantitative estimate of drug-likeness (QED) is 0.806. The van der Waals surface area contributed by atoms with Gasteiger partial charge in [-0.3, -0.25) is 4.79 Å². The van der Waals surface area contributed by atoms with Gasteiger partial charge < -0.3 is 10.1 Å². The van der Waals surface area contributed by atoms with Crippen LogP contribution >= 0.6 is 0 Å². The minimum absolute atomic E-state index is 0.126. The first-order chi connectivity index (χ1) is 10.3. The molecule has 0 aliphatic carbocycles. The number of amides is 1. The highest BCUT2D eigenvalue weighted by Gasteiger charge is 2.10. The van der Waals surface area contributed by atoms with Gasteiger partial charge in [-0.1, -0.05) is 36.4 Å². The molecule has 0 aromatic heterocycles. The van der Waals surface area contributed by atoms with Crippen LogP contribution in [-0.2, 0) is 14.3 Å². The first kappa shape index (κ1) is 15.0. The Labute approximate surface area is 124 Å². The van der Waals surface area contributed by atoms with Gasteiger partial charge in [0.2, 0.25) is 0 Å². The van der Waals surface area contributed by atoms with Gasteiger partial charge in [0.1, 0.15) is 0 Å². The van der Waals surface area contributed by atoms with E-state index in [0.29, 0.717) is 18.7 Å². The maximum atomic E-state index is 12.3. The Bertz CT molecular complexity index is 546. The normalized spacial score (nSPS) is 21.6. The number of allylic oxidation sites excluding steroid dienone is 2. The van der Waals surface area contributed by atoms with Crippen molar-refractivity contribution in [3.8, 4) is 0 Å². The van der Waals surface area contributed by atoms with Crippen molar-refractivity contribution in [1.29, 1.82) is 0 Å². The molecule has 1 aromatic rings. The molecule has 0 spiro atoms. The van der Waals surface area contributed by atoms with E-state index in [2.05, 4.69) is 5.32 Å². The summed E-state index contributed by atoms with van der Waals surface area (Å²) in [7, 11) is 0. The maximum absolute atomic E-state index is 12.3. The van der Waals surface area contributed by atoms with Gasteiger partial charge >= 0.3 is 5.97 Å². The number of ether oxygens (including phenoxy) is 1. The molecular formula is C17H19NO3. The molecule has 1 heterocycles. The van der Waals surface area contributed by atoms with Crippen LogP contribution in [0.2, 0.25) is 0 Å². The predicted molar refractivity (Wildman–Crippen MR) is 81.4 cm³/mol. The van der Waals surface area contributed by atoms with Gasteiger partial charge in [0.05, 0.1) is 6.61 Å². The maximum Gasteiger partial charge on any atom is 0.330 e. The minimum Gasteiger partial charge on any atom is -0.463 e. The van der Waals surface area contributed by atoms with Crippen molar-refractivity contribution in [2.75, 3.05) is 13.2 Å². The molecule has 110 valence electrons. The lowest BCUT2D eigenvalue weighted by atomic mass is 10.0. The van der Waals surface area contributed by atoms with Crippen molar-refractivity contribution in [3.63, 3.8) is 0 Å². The Kier molecular flexibility index (Phi) is 5.76. The number of esters is 1. The summed E-state index contributed by atoms with van der Waals surface area (Å²) < 4.78 is 5.06. The molecule has 0 unspecified atom stereocenters. The van der Waals surface area contributed by atoms with Crippen molar-refractivity contribution < 1.29 is 14.3 Å². The van der Waals surface area contributed by atoms with Gasteiger partial charge in [0.25, 0.3) is 5.91 Å². The molecule has 1 amide bonds. The molecule has 1 aromatic carbocycles. The fraction of sp³-hybridized carbons (Fsp3) is 0.294. The lowest BCUT2D eigenvalue weighted by Gasteiger charge is -2.08. The van der Waals surface area contributed by atoms with Crippen LogP contribution in [0.5, 0.6) is 0 Å². The number of benzene rings is 1. The summed E-state index contributed by atoms with van der Waals surface area (Å²) in [6.45, 7) is 1.05. The standard InChI is InChI=1S/C17H19NO3/c19-16-11-7-10-15(14-8-3-1-4-9-14)17(20)18-12-5-2-6-13-21-16/h1,3-4,7-11H,2,5-6,12-13H2,(H,18,20)/b11-7+,15-10-. The second-order valence-corrected chi connectivity index (χ2v) is 4.79. The molecule has 0 bridgehead atoms. The molecule has 2 rings (SSSR count). The average Bonchev–Trinajstić information content (AvgIpc) is 2.52. The smallest absolute Gasteiger partial charge is 0.330 e. The Morgan fingerprint density at radius 3 is 2.62 bits per heavy atom. The number of carbonyl (C=O) groups is 2. The third-order valence-corrected chi connectivity index (χ3v) is 3.18. The summed E-state index contributed by atoms with van der Waals surface area (Å²) in [5.41, 5.74) is 1.36. The molecular weight excluding hydrogens is 266 g/mol. The van der Waals surface area contributed by atoms with Gasteiger partial charge in [-0.15, -0.1) is 0 Å². The van der Waals surface area contributed by atoms with Crippen LogP contribution in [0.25, 0.3) is 5.57 Å². The van der Waals surface area contributed by atoms with Crippen LogP contribution in [0.15, 0.2) is 48.6 Å². The SMILES string of the molecule is O=C1/C=C/C=C(/c2ccccc2)C(=O)NCCCCCO1. The molecule has 4 heteroatoms. The summed E-state index contributed by atoms with van der Waals surface area (Å²) in [6, 6.07) is 9.39. The van der Waals surface area contributed by atoms with Gasteiger partial charge in [0, 0.05) is 18.2 Å². The van der Waals surface area contributed by atoms with E-state index in [-0.39, 0.29) is 11.9 Å². The third kappa shape index (κ3) is 4.91. The number of hydrogen-bond acceptors (Lipinski definition) is 3. The second kappa shape index (κ2) is 8.04. The molecule has 21 heavy (non-hydrogen) atoms. The van der Waals surface area contributed by atoms with Crippen molar-refractivity contribution in [1.82, 2.24) is 5.32 Å². The third-order valence-electron chi connectivity index (χ3n) is 3.18. The molecule has 0 atom stereocenters. The number of rotatable bonds is 1. The topological polar surface area (TPSA) is 55.4 Å². The highest BCUT2D eigenvalue weighted by atomic mass is 16.5. The summed E-state index contributed by atoms with van der Waals surface area (Å²) in [5.74, 6) is -0.503. The zero-order chi connectivity index (χ0) is 14.9. The van der Waals surface area contributed by atoms with Gasteiger partial charge in [-0.2, -0.15) is 0 Å². The number of hydrogen-bond donors (Lipinski definition) is 1. The van der Waals surface area contributed by atoms with Crippen molar-refractivity contribution in [2.45, 2.75) is 19.3 Å². The van der Waals surface area contributed by atoms with Gasteiger partial charge in [-0.25, -0.2) is 4.79 Å². The number of nitrogens with one attached hydrogen (secondary N) is 1. The van der Waals surface area contributed by atoms with E-state index in [1.165, 1.54) is 6.08 Å². The molecule has 1 aliphatic rings. The minimum atomic E-state index is -0.377. The molecule has 1 aliphatic heterocycles. The van der Waals surface area contributed by atoms with E-state index >= 15 is 0 Å². The zero-order valence-electron chi connectivity index (χ0n) is 11.9. The highest BCUT2D eigenvalue weighted by Crippen LogP contribution is 2.14. The van der Waals surface area contributed by atoms with Gasteiger partial charge in [0.15, 0.2) is 0 Å². The van der Waals surface area contributed by atoms with Crippen LogP contribution in [0.3, 0.4) is 0 Å². The lowest BCUT2D eigenvalue weighted by molar-refractivity contribution is -0.137. The van der Waals surface area contributed by atoms with Crippen molar-refractivity contribution >= 4 is 17.4 Å². The van der Waals surface area contributed by atoms with Crippen LogP contribution in [0.4, 0.5) is 0 Å². The monoisotopic (exact) mass is 285 g/mol. The van der Waals surface area contributed by atoms with E-state index in [1.54, 1.807) is 12.2 Å². The van der Waals surface area contributed by atoms with E-state index in [4.69, 9.17) is 4.74 Å². The summed E-state index contributed by atoms with van der Waals surface area (Å²) in [5, 5.41) is 2.91. The molecule has 0 fully saturated rings. The van der Waals surface area contributed by atoms with E-state index in [0.717, 1.165) is 24.8 Å². The number of carbonyl (C=O) groups excluding carboxylic acids is 2. The van der Waals surface area contributed by atoms with Crippen molar-refractivity contribution in [3.05, 3.63) is 54.1 Å². The fourth-order valence-corrected chi connectivity index (χ4v) is 2.07. The first-order valence-electron chi connectivity index (χ1n) is 7.16. The molecule has 0 saturated heterocycles. The molecule has 1 N–H and O–H groups in total. The predicted octanol–water partition coefficient (Wildman–Crippen LogP) is 2.47. The Balaban J connectivity index is 2.22. The fourth-order valence-electron chi connectivity index (χ4n) is 2.07. The van der Waals surface area contributed by atoms with Crippen LogP contribution < -0.4 is 5.32 Å². The summed E-state index contributed by atoms with van der Waals surface area (Å²) in [6.07, 6.45) is 7.15. The Hall–Kier alpha value is -2.36. The summed E-state index contributed by atoms with van der Waals surface area (Å²) >= 11 is 0. The molecule has 0 saturated carbocycles. The van der Waals surface area contributed by atoms with E-state index in [9.17, 15) is 9.59 Å². The first-order valence-corrected chi connectivity index (χ1v) is 7.16. The summed E-state index contributed by atoms with van der Waals surface area (Å²) in [4.78, 5) is 23.7. The number of cyclic esters (lactones) is 1. The zero-order valence-corrected chi connectivity index (χ0v) is 11.9. The van der Waals surface area contributed by atoms with E-state index < -0.39 is 0 Å². The van der Waals surface area contributed by atoms with Crippen LogP contribution in [-0.4, -0.2) is 25.0 Å². The Morgan fingerprint density at radius 1 is 1.00 bits per heavy atom. The molecule has 0 radical (unpaired) electrons. The van der Waals surface area contributed by atoms with Gasteiger partial charge in [-0.05, 0) is 30.9 Å². The van der Waals surface area contributed by atoms with Crippen molar-refractivity contribution in [2.24, 2.45) is 0 Å². The molecule has 4 nitrogen and oxygen atoms in total. The largest absolute Gasteiger partial charge is 0.463 e. The van der Waals surface area contributed by atoms with Crippen LogP contribution in [0.1, 0.15) is 24.8 Å². The average molecular weight is 285 g/mol. The highest BCUT2D eigenvalue weighted by molar-refractivity contribution is 6.19. The Morgan fingerprint density at radius 2 is 1.81 bits per heavy atom. The lowest BCUT2D eigenvalue weighted by Crippen LogP contribution is -2.25. The van der Waals surface area contributed by atoms with Crippen LogP contribution in [0, 0.1) is 0 Å².